The summed E-state index contributed by atoms with van der Waals surface area (Å²) in [4.78, 5) is 14.9. The number of hydrogen-bond acceptors (Lipinski definition) is 4. The van der Waals surface area contributed by atoms with Gasteiger partial charge in [0, 0.05) is 5.56 Å². The molecule has 1 aliphatic heterocycles. The SMILES string of the molecule is C=NC(=O)c1cc2c(cc1CC)OCS2(=O)=O. The Kier molecular flexibility index (Phi) is 2.74. The van der Waals surface area contributed by atoms with Crippen molar-refractivity contribution in [3.8, 4) is 5.75 Å². The van der Waals surface area contributed by atoms with Crippen LogP contribution in [0.3, 0.4) is 0 Å². The molecule has 0 aliphatic carbocycles. The number of aryl methyl sites for hydroxylation is 1. The largest absolute Gasteiger partial charge is 0.476 e. The fourth-order valence-electron chi connectivity index (χ4n) is 1.74. The fourth-order valence-corrected chi connectivity index (χ4v) is 2.87. The van der Waals surface area contributed by atoms with E-state index in [9.17, 15) is 13.2 Å². The van der Waals surface area contributed by atoms with Gasteiger partial charge in [-0.25, -0.2) is 13.4 Å². The van der Waals surface area contributed by atoms with Gasteiger partial charge in [0.05, 0.1) is 0 Å². The summed E-state index contributed by atoms with van der Waals surface area (Å²) < 4.78 is 28.3. The van der Waals surface area contributed by atoms with Crippen LogP contribution >= 0.6 is 0 Å². The average Bonchev–Trinajstić information content (AvgIpc) is 2.62. The summed E-state index contributed by atoms with van der Waals surface area (Å²) in [5.74, 6) is -0.584. The number of carbonyl (C=O) groups excluding carboxylic acids is 1. The maximum atomic E-state index is 11.6. The lowest BCUT2D eigenvalue weighted by Gasteiger charge is -2.06. The summed E-state index contributed by atoms with van der Waals surface area (Å²) in [5.41, 5.74) is 0.980. The molecule has 0 spiro atoms. The van der Waals surface area contributed by atoms with E-state index in [-0.39, 0.29) is 16.4 Å². The molecule has 0 N–H and O–H groups in total. The van der Waals surface area contributed by atoms with Crippen molar-refractivity contribution in [1.29, 1.82) is 0 Å². The highest BCUT2D eigenvalue weighted by molar-refractivity contribution is 7.91. The van der Waals surface area contributed by atoms with Gasteiger partial charge in [-0.1, -0.05) is 6.92 Å². The molecule has 0 bridgehead atoms. The topological polar surface area (TPSA) is 72.8 Å². The van der Waals surface area contributed by atoms with E-state index in [1.54, 1.807) is 6.07 Å². The van der Waals surface area contributed by atoms with Crippen molar-refractivity contribution in [2.24, 2.45) is 4.99 Å². The van der Waals surface area contributed by atoms with Crippen molar-refractivity contribution in [3.63, 3.8) is 0 Å². The van der Waals surface area contributed by atoms with Gasteiger partial charge in [0.15, 0.2) is 5.94 Å². The third-order valence-corrected chi connectivity index (χ3v) is 4.05. The first kappa shape index (κ1) is 11.8. The summed E-state index contributed by atoms with van der Waals surface area (Å²) >= 11 is 0. The van der Waals surface area contributed by atoms with Crippen molar-refractivity contribution in [2.45, 2.75) is 18.2 Å². The molecule has 0 atom stereocenters. The molecular formula is C11H11NO4S. The van der Waals surface area contributed by atoms with Gasteiger partial charge in [0.25, 0.3) is 5.91 Å². The molecule has 0 saturated carbocycles. The van der Waals surface area contributed by atoms with E-state index < -0.39 is 15.7 Å². The van der Waals surface area contributed by atoms with Crippen LogP contribution in [0.4, 0.5) is 0 Å². The van der Waals surface area contributed by atoms with Crippen LogP contribution in [0.15, 0.2) is 22.0 Å². The second kappa shape index (κ2) is 3.96. The number of rotatable bonds is 2. The monoisotopic (exact) mass is 253 g/mol. The van der Waals surface area contributed by atoms with Crippen molar-refractivity contribution in [2.75, 3.05) is 5.94 Å². The molecule has 90 valence electrons. The average molecular weight is 253 g/mol. The molecule has 2 rings (SSSR count). The minimum absolute atomic E-state index is 0.0571. The molecule has 6 heteroatoms. The van der Waals surface area contributed by atoms with Gasteiger partial charge < -0.3 is 4.74 Å². The van der Waals surface area contributed by atoms with Crippen molar-refractivity contribution in [1.82, 2.24) is 0 Å². The second-order valence-electron chi connectivity index (χ2n) is 3.65. The van der Waals surface area contributed by atoms with Crippen molar-refractivity contribution in [3.05, 3.63) is 23.3 Å². The van der Waals surface area contributed by atoms with Gasteiger partial charge in [0.2, 0.25) is 9.84 Å². The predicted octanol–water partition coefficient (Wildman–Crippen LogP) is 1.21. The van der Waals surface area contributed by atoms with Crippen LogP contribution in [-0.4, -0.2) is 27.0 Å². The maximum Gasteiger partial charge on any atom is 0.276 e. The molecular weight excluding hydrogens is 242 g/mol. The summed E-state index contributed by atoms with van der Waals surface area (Å²) in [5, 5.41) is 0. The Hall–Kier alpha value is -1.69. The number of nitrogens with zero attached hydrogens (tertiary/aromatic N) is 1. The first-order valence-electron chi connectivity index (χ1n) is 5.03. The summed E-state index contributed by atoms with van der Waals surface area (Å²) in [6, 6.07) is 2.91. The highest BCUT2D eigenvalue weighted by Crippen LogP contribution is 2.34. The number of benzene rings is 1. The molecule has 1 heterocycles. The Bertz CT molecular complexity index is 604. The Morgan fingerprint density at radius 3 is 2.82 bits per heavy atom. The molecule has 0 unspecified atom stereocenters. The molecule has 17 heavy (non-hydrogen) atoms. The van der Waals surface area contributed by atoms with Crippen LogP contribution in [0.2, 0.25) is 0 Å². The normalized spacial score (nSPS) is 16.1. The number of sulfone groups is 1. The minimum Gasteiger partial charge on any atom is -0.476 e. The van der Waals surface area contributed by atoms with Gasteiger partial charge in [-0.2, -0.15) is 0 Å². The van der Waals surface area contributed by atoms with E-state index in [4.69, 9.17) is 4.74 Å². The van der Waals surface area contributed by atoms with Crippen molar-refractivity contribution >= 4 is 22.5 Å². The van der Waals surface area contributed by atoms with Crippen LogP contribution < -0.4 is 4.74 Å². The first-order chi connectivity index (χ1) is 7.99. The van der Waals surface area contributed by atoms with E-state index in [1.165, 1.54) is 6.07 Å². The van der Waals surface area contributed by atoms with Gasteiger partial charge in [-0.3, -0.25) is 4.79 Å². The van der Waals surface area contributed by atoms with Crippen molar-refractivity contribution < 1.29 is 17.9 Å². The van der Waals surface area contributed by atoms with Gasteiger partial charge >= 0.3 is 0 Å². The van der Waals surface area contributed by atoms with E-state index in [0.717, 1.165) is 0 Å². The van der Waals surface area contributed by atoms with Gasteiger partial charge in [-0.05, 0) is 30.8 Å². The Morgan fingerprint density at radius 1 is 1.53 bits per heavy atom. The molecule has 1 aromatic carbocycles. The maximum absolute atomic E-state index is 11.6. The molecule has 1 amide bonds. The first-order valence-corrected chi connectivity index (χ1v) is 6.68. The van der Waals surface area contributed by atoms with Crippen LogP contribution in [0.1, 0.15) is 22.8 Å². The van der Waals surface area contributed by atoms with E-state index in [1.807, 2.05) is 6.92 Å². The second-order valence-corrected chi connectivity index (χ2v) is 5.55. The lowest BCUT2D eigenvalue weighted by atomic mass is 10.0. The molecule has 0 saturated heterocycles. The van der Waals surface area contributed by atoms with E-state index >= 15 is 0 Å². The number of fused-ring (bicyclic) bond motifs is 1. The highest BCUT2D eigenvalue weighted by atomic mass is 32.2. The molecule has 0 fully saturated rings. The van der Waals surface area contributed by atoms with E-state index in [0.29, 0.717) is 17.7 Å². The number of carbonyl (C=O) groups is 1. The van der Waals surface area contributed by atoms with Crippen LogP contribution in [0.5, 0.6) is 5.75 Å². The van der Waals surface area contributed by atoms with Crippen LogP contribution in [0, 0.1) is 0 Å². The number of amides is 1. The highest BCUT2D eigenvalue weighted by Gasteiger charge is 2.30. The lowest BCUT2D eigenvalue weighted by Crippen LogP contribution is -2.04. The molecule has 5 nitrogen and oxygen atoms in total. The molecule has 1 aromatic rings. The minimum atomic E-state index is -3.43. The lowest BCUT2D eigenvalue weighted by molar-refractivity contribution is 0.100. The number of aliphatic imine (C=N–C) groups is 1. The zero-order valence-electron chi connectivity index (χ0n) is 9.26. The zero-order valence-corrected chi connectivity index (χ0v) is 10.1. The van der Waals surface area contributed by atoms with E-state index in [2.05, 4.69) is 11.7 Å². The smallest absolute Gasteiger partial charge is 0.276 e. The molecule has 0 aromatic heterocycles. The number of hydrogen-bond donors (Lipinski definition) is 0. The number of ether oxygens (including phenoxy) is 1. The summed E-state index contributed by atoms with van der Waals surface area (Å²) in [6.07, 6.45) is 0.591. The quantitative estimate of drug-likeness (QED) is 0.743. The Morgan fingerprint density at radius 2 is 2.24 bits per heavy atom. The standard InChI is InChI=1S/C11H11NO4S/c1-3-7-4-9-10(17(14,15)6-16-9)5-8(7)11(13)12-2/h4-5H,2-3,6H2,1H3. The van der Waals surface area contributed by atoms with Gasteiger partial charge in [-0.15, -0.1) is 0 Å². The molecule has 1 aliphatic rings. The summed E-state index contributed by atoms with van der Waals surface area (Å²) in [7, 11) is -3.43. The third-order valence-electron chi connectivity index (χ3n) is 2.63. The zero-order chi connectivity index (χ0) is 12.6. The molecule has 0 radical (unpaired) electrons. The fraction of sp³-hybridized carbons (Fsp3) is 0.273. The Labute approximate surface area is 99.0 Å². The Balaban J connectivity index is 2.70. The van der Waals surface area contributed by atoms with Crippen LogP contribution in [-0.2, 0) is 16.3 Å². The van der Waals surface area contributed by atoms with Crippen LogP contribution in [0.25, 0.3) is 0 Å². The third kappa shape index (κ3) is 1.84. The predicted molar refractivity (Wildman–Crippen MR) is 62.4 cm³/mol. The van der Waals surface area contributed by atoms with Gasteiger partial charge in [0.1, 0.15) is 10.6 Å². The summed E-state index contributed by atoms with van der Waals surface area (Å²) in [6.45, 7) is 5.03.